The van der Waals surface area contributed by atoms with Gasteiger partial charge in [-0.1, -0.05) is 80.7 Å². The molecule has 0 saturated heterocycles. The Kier molecular flexibility index (Phi) is 10.0. The van der Waals surface area contributed by atoms with E-state index in [4.69, 9.17) is 10.8 Å². The Balaban J connectivity index is 0.000000163. The number of nitrogens with zero attached hydrogens (tertiary/aromatic N) is 4. The van der Waals surface area contributed by atoms with Gasteiger partial charge in [-0.15, -0.1) is 59.7 Å². The van der Waals surface area contributed by atoms with Gasteiger partial charge in [-0.05, 0) is 78.5 Å². The molecule has 8 aromatic rings. The average molecular weight is 876 g/mol. The first-order valence-corrected chi connectivity index (χ1v) is 21.4. The van der Waals surface area contributed by atoms with Gasteiger partial charge in [-0.25, -0.2) is 4.98 Å². The Bertz CT molecular complexity index is 2500. The third-order valence-corrected chi connectivity index (χ3v) is 11.8. The van der Waals surface area contributed by atoms with Gasteiger partial charge >= 0.3 is 0 Å². The zero-order chi connectivity index (χ0) is 35.9. The van der Waals surface area contributed by atoms with E-state index in [1.165, 1.54) is 11.6 Å². The van der Waals surface area contributed by atoms with Crippen molar-refractivity contribution in [3.05, 3.63) is 139 Å². The van der Waals surface area contributed by atoms with Crippen LogP contribution in [-0.2, 0) is 20.1 Å². The fraction of sp³-hybridized carbons (Fsp3) is 0.222. The molecule has 1 aliphatic rings. The standard InChI is InChI=1S/C25H23N2.C20H19N2OSi.Ir/c1-3-9-19(10-4-1)20-15-17-22(18-16-20)27-24-14-8-7-13-23(24)26-25(27)21-11-5-2-6-12-21;1-13-5-8-16-17-11-14(6-10-19(17)23-20(16)22-13)18-9-7-15(12-21-18)24(2,3)4;/h2,5-8,11,13-19H,1,3-4,9-10H2;5,7-12H,1-4H3;/q2*-1;/i19D;;. The molecule has 1 saturated carbocycles. The number of benzene rings is 4. The Labute approximate surface area is 321 Å². The fourth-order valence-corrected chi connectivity index (χ4v) is 7.99. The first-order chi connectivity index (χ1) is 25.2. The molecule has 4 heterocycles. The summed E-state index contributed by atoms with van der Waals surface area (Å²) < 4.78 is 16.9. The maximum Gasteiger partial charge on any atom is 0.216 e. The molecule has 0 N–H and O–H groups in total. The van der Waals surface area contributed by atoms with E-state index in [0.717, 1.165) is 92.7 Å². The summed E-state index contributed by atoms with van der Waals surface area (Å²) in [6, 6.07) is 43.7. The summed E-state index contributed by atoms with van der Waals surface area (Å²) in [5, 5.41) is 3.45. The van der Waals surface area contributed by atoms with Crippen molar-refractivity contribution in [2.45, 2.75) is 64.6 Å². The summed E-state index contributed by atoms with van der Waals surface area (Å²) in [5.41, 5.74) is 9.60. The molecule has 0 spiro atoms. The summed E-state index contributed by atoms with van der Waals surface area (Å²) in [4.78, 5) is 14.0. The largest absolute Gasteiger partial charge is 0.486 e. The average Bonchev–Trinajstić information content (AvgIpc) is 3.73. The molecular formula is C45H42IrN4OSi-2. The maximum absolute atomic E-state index is 8.89. The summed E-state index contributed by atoms with van der Waals surface area (Å²) in [6.07, 6.45) is 7.51. The van der Waals surface area contributed by atoms with Gasteiger partial charge in [0.1, 0.15) is 0 Å². The molecule has 7 heteroatoms. The number of fused-ring (bicyclic) bond motifs is 4. The molecule has 0 atom stereocenters. The van der Waals surface area contributed by atoms with Gasteiger partial charge in [-0.3, -0.25) is 4.98 Å². The minimum Gasteiger partial charge on any atom is -0.486 e. The van der Waals surface area contributed by atoms with Gasteiger partial charge in [0.15, 0.2) is 0 Å². The number of rotatable bonds is 5. The van der Waals surface area contributed by atoms with Crippen molar-refractivity contribution in [2.75, 3.05) is 0 Å². The maximum atomic E-state index is 8.89. The third kappa shape index (κ3) is 7.31. The molecule has 1 radical (unpaired) electrons. The molecule has 52 heavy (non-hydrogen) atoms. The molecule has 0 amide bonds. The van der Waals surface area contributed by atoms with Crippen molar-refractivity contribution in [1.29, 1.82) is 0 Å². The molecule has 9 rings (SSSR count). The van der Waals surface area contributed by atoms with E-state index in [-0.39, 0.29) is 20.1 Å². The van der Waals surface area contributed by atoms with Crippen LogP contribution in [0.1, 0.15) is 50.6 Å². The second-order valence-electron chi connectivity index (χ2n) is 14.5. The van der Waals surface area contributed by atoms with Gasteiger partial charge in [-0.2, -0.15) is 0 Å². The van der Waals surface area contributed by atoms with Crippen LogP contribution in [0.15, 0.2) is 120 Å². The molecule has 263 valence electrons. The van der Waals surface area contributed by atoms with Crippen LogP contribution in [0.5, 0.6) is 0 Å². The zero-order valence-electron chi connectivity index (χ0n) is 31.0. The van der Waals surface area contributed by atoms with Crippen molar-refractivity contribution >= 4 is 46.4 Å². The molecule has 4 aromatic carbocycles. The van der Waals surface area contributed by atoms with Crippen LogP contribution in [-0.4, -0.2) is 27.6 Å². The fourth-order valence-electron chi connectivity index (χ4n) is 6.95. The van der Waals surface area contributed by atoms with E-state index in [1.54, 1.807) is 0 Å². The van der Waals surface area contributed by atoms with E-state index >= 15 is 0 Å². The molecule has 1 fully saturated rings. The number of para-hydroxylation sites is 2. The van der Waals surface area contributed by atoms with Crippen LogP contribution in [0.25, 0.3) is 61.4 Å². The quantitative estimate of drug-likeness (QED) is 0.128. The number of hydrogen-bond donors (Lipinski definition) is 0. The van der Waals surface area contributed by atoms with Crippen molar-refractivity contribution in [2.24, 2.45) is 0 Å². The second kappa shape index (κ2) is 15.1. The normalized spacial score (nSPS) is 14.4. The minimum atomic E-state index is -1.33. The first-order valence-electron chi connectivity index (χ1n) is 18.4. The SMILES string of the molecule is Cc1ccc2c(n1)oc1c[c-]c(-c3ccc([Si](C)(C)C)cn3)cc12.[2H]C1(c2ccc(-n3c(-c4[c-]cccc4)nc4ccccc43)cc2)CCCCC1.[Ir]. The molecule has 4 aromatic heterocycles. The predicted octanol–water partition coefficient (Wildman–Crippen LogP) is 11.2. The van der Waals surface area contributed by atoms with Crippen molar-refractivity contribution in [3.63, 3.8) is 0 Å². The summed E-state index contributed by atoms with van der Waals surface area (Å²) in [5.74, 6) is 0.469. The molecule has 1 aliphatic carbocycles. The molecule has 0 bridgehead atoms. The van der Waals surface area contributed by atoms with Crippen LogP contribution in [0, 0.1) is 19.1 Å². The van der Waals surface area contributed by atoms with Gasteiger partial charge in [0.25, 0.3) is 0 Å². The summed E-state index contributed by atoms with van der Waals surface area (Å²) in [6.45, 7) is 8.95. The number of imidazole rings is 1. The molecule has 5 nitrogen and oxygen atoms in total. The Hall–Kier alpha value is -4.68. The van der Waals surface area contributed by atoms with Gasteiger partial charge in [0.05, 0.1) is 30.5 Å². The molecule has 0 unspecified atom stereocenters. The van der Waals surface area contributed by atoms with E-state index < -0.39 is 14.0 Å². The first kappa shape index (κ1) is 34.4. The molecule has 0 aliphatic heterocycles. The Morgan fingerprint density at radius 1 is 0.808 bits per heavy atom. The topological polar surface area (TPSA) is 56.7 Å². The third-order valence-electron chi connectivity index (χ3n) is 9.82. The predicted molar refractivity (Wildman–Crippen MR) is 212 cm³/mol. The van der Waals surface area contributed by atoms with Gasteiger partial charge in [0.2, 0.25) is 5.71 Å². The van der Waals surface area contributed by atoms with E-state index in [2.05, 4.69) is 101 Å². The second-order valence-corrected chi connectivity index (χ2v) is 19.5. The number of aryl methyl sites for hydroxylation is 1. The van der Waals surface area contributed by atoms with E-state index in [9.17, 15) is 0 Å². The van der Waals surface area contributed by atoms with Crippen LogP contribution in [0.3, 0.4) is 0 Å². The van der Waals surface area contributed by atoms with Crippen molar-refractivity contribution in [3.8, 4) is 28.3 Å². The van der Waals surface area contributed by atoms with Crippen LogP contribution >= 0.6 is 0 Å². The monoisotopic (exact) mass is 876 g/mol. The zero-order valence-corrected chi connectivity index (χ0v) is 33.4. The number of hydrogen-bond acceptors (Lipinski definition) is 4. The van der Waals surface area contributed by atoms with Crippen molar-refractivity contribution in [1.82, 2.24) is 19.5 Å². The van der Waals surface area contributed by atoms with Gasteiger partial charge < -0.3 is 14.0 Å². The number of aromatic nitrogens is 4. The number of furan rings is 1. The molecular weight excluding hydrogens is 833 g/mol. The summed E-state index contributed by atoms with van der Waals surface area (Å²) >= 11 is 0. The van der Waals surface area contributed by atoms with E-state index in [0.29, 0.717) is 5.71 Å². The minimum absolute atomic E-state index is 0. The number of pyridine rings is 2. The Morgan fingerprint density at radius 3 is 2.33 bits per heavy atom. The summed E-state index contributed by atoms with van der Waals surface area (Å²) in [7, 11) is -1.33. The van der Waals surface area contributed by atoms with Gasteiger partial charge in [0, 0.05) is 44.4 Å². The van der Waals surface area contributed by atoms with E-state index in [1.807, 2.05) is 67.7 Å². The Morgan fingerprint density at radius 2 is 1.60 bits per heavy atom. The van der Waals surface area contributed by atoms with Crippen LogP contribution in [0.4, 0.5) is 0 Å². The van der Waals surface area contributed by atoms with Crippen molar-refractivity contribution < 1.29 is 25.9 Å². The smallest absolute Gasteiger partial charge is 0.216 e. The van der Waals surface area contributed by atoms with Crippen LogP contribution in [0.2, 0.25) is 19.6 Å². The van der Waals surface area contributed by atoms with Crippen LogP contribution < -0.4 is 5.19 Å².